The van der Waals surface area contributed by atoms with Crippen molar-refractivity contribution >= 4 is 12.0 Å². The van der Waals surface area contributed by atoms with Crippen LogP contribution in [0.5, 0.6) is 0 Å². The number of rotatable bonds is 5. The summed E-state index contributed by atoms with van der Waals surface area (Å²) in [5.74, 6) is -1.24. The second-order valence-electron chi connectivity index (χ2n) is 5.44. The molecule has 0 aromatic carbocycles. The van der Waals surface area contributed by atoms with Crippen molar-refractivity contribution in [2.45, 2.75) is 32.2 Å². The van der Waals surface area contributed by atoms with Gasteiger partial charge in [0.05, 0.1) is 5.92 Å². The van der Waals surface area contributed by atoms with Gasteiger partial charge in [0.15, 0.2) is 0 Å². The van der Waals surface area contributed by atoms with Gasteiger partial charge in [-0.3, -0.25) is 4.79 Å². The van der Waals surface area contributed by atoms with Crippen LogP contribution in [0.15, 0.2) is 0 Å². The molecular weight excluding hydrogens is 246 g/mol. The molecule has 19 heavy (non-hydrogen) atoms. The lowest BCUT2D eigenvalue weighted by atomic mass is 10.0. The van der Waals surface area contributed by atoms with Gasteiger partial charge in [-0.05, 0) is 33.4 Å². The van der Waals surface area contributed by atoms with Gasteiger partial charge < -0.3 is 20.2 Å². The molecule has 1 aliphatic heterocycles. The Morgan fingerprint density at radius 1 is 1.37 bits per heavy atom. The standard InChI is InChI=1S/C13H25N3O3/c1-10(12(17)18)4-7-14-13(19)16-8-5-11(6-9-16)15(2)3/h10-11H,4-9H2,1-3H3,(H,14,19)(H,17,18). The maximum Gasteiger partial charge on any atom is 0.317 e. The van der Waals surface area contributed by atoms with Crippen LogP contribution >= 0.6 is 0 Å². The molecule has 0 spiro atoms. The molecule has 0 radical (unpaired) electrons. The number of nitrogens with one attached hydrogen (secondary N) is 1. The Labute approximate surface area is 114 Å². The van der Waals surface area contributed by atoms with Crippen molar-refractivity contribution in [3.8, 4) is 0 Å². The van der Waals surface area contributed by atoms with Crippen LogP contribution in [0.1, 0.15) is 26.2 Å². The highest BCUT2D eigenvalue weighted by molar-refractivity contribution is 5.74. The fourth-order valence-electron chi connectivity index (χ4n) is 2.22. The number of nitrogens with zero attached hydrogens (tertiary/aromatic N) is 2. The topological polar surface area (TPSA) is 72.9 Å². The van der Waals surface area contributed by atoms with E-state index in [-0.39, 0.29) is 6.03 Å². The largest absolute Gasteiger partial charge is 0.481 e. The molecule has 1 atom stereocenters. The van der Waals surface area contributed by atoms with Crippen molar-refractivity contribution in [2.24, 2.45) is 5.92 Å². The summed E-state index contributed by atoms with van der Waals surface area (Å²) >= 11 is 0. The summed E-state index contributed by atoms with van der Waals surface area (Å²) in [6.07, 6.45) is 2.45. The smallest absolute Gasteiger partial charge is 0.317 e. The molecule has 0 bridgehead atoms. The molecule has 1 fully saturated rings. The Hall–Kier alpha value is -1.30. The zero-order valence-corrected chi connectivity index (χ0v) is 12.1. The number of carboxylic acid groups (broad SMARTS) is 1. The highest BCUT2D eigenvalue weighted by Gasteiger charge is 2.23. The predicted octanol–water partition coefficient (Wildman–Crippen LogP) is 0.833. The summed E-state index contributed by atoms with van der Waals surface area (Å²) in [5, 5.41) is 11.5. The van der Waals surface area contributed by atoms with Gasteiger partial charge >= 0.3 is 12.0 Å². The molecule has 1 rings (SSSR count). The van der Waals surface area contributed by atoms with Gasteiger partial charge in [-0.2, -0.15) is 0 Å². The number of hydrogen-bond acceptors (Lipinski definition) is 3. The lowest BCUT2D eigenvalue weighted by Crippen LogP contribution is -2.48. The zero-order chi connectivity index (χ0) is 14.4. The Morgan fingerprint density at radius 2 is 1.95 bits per heavy atom. The first-order chi connectivity index (χ1) is 8.91. The van der Waals surface area contributed by atoms with Crippen molar-refractivity contribution < 1.29 is 14.7 Å². The lowest BCUT2D eigenvalue weighted by molar-refractivity contribution is -0.141. The summed E-state index contributed by atoms with van der Waals surface area (Å²) in [5.41, 5.74) is 0. The lowest BCUT2D eigenvalue weighted by Gasteiger charge is -2.35. The van der Waals surface area contributed by atoms with Crippen LogP contribution in [0.25, 0.3) is 0 Å². The molecule has 1 saturated heterocycles. The van der Waals surface area contributed by atoms with Crippen molar-refractivity contribution in [2.75, 3.05) is 33.7 Å². The van der Waals surface area contributed by atoms with E-state index < -0.39 is 11.9 Å². The van der Waals surface area contributed by atoms with Gasteiger partial charge in [0.2, 0.25) is 0 Å². The molecule has 0 aromatic rings. The van der Waals surface area contributed by atoms with Gasteiger partial charge in [0.1, 0.15) is 0 Å². The van der Waals surface area contributed by atoms with E-state index in [0.717, 1.165) is 25.9 Å². The summed E-state index contributed by atoms with van der Waals surface area (Å²) in [6.45, 7) is 3.60. The summed E-state index contributed by atoms with van der Waals surface area (Å²) in [7, 11) is 4.13. The quantitative estimate of drug-likeness (QED) is 0.777. The first-order valence-corrected chi connectivity index (χ1v) is 6.83. The highest BCUT2D eigenvalue weighted by Crippen LogP contribution is 2.14. The van der Waals surface area contributed by atoms with E-state index >= 15 is 0 Å². The van der Waals surface area contributed by atoms with E-state index in [4.69, 9.17) is 5.11 Å². The Balaban J connectivity index is 2.23. The SMILES string of the molecule is CC(CCNC(=O)N1CCC(N(C)C)CC1)C(=O)O. The second-order valence-corrected chi connectivity index (χ2v) is 5.44. The maximum absolute atomic E-state index is 11.9. The van der Waals surface area contributed by atoms with Gasteiger partial charge in [0.25, 0.3) is 0 Å². The third-order valence-electron chi connectivity index (χ3n) is 3.76. The summed E-state index contributed by atoms with van der Waals surface area (Å²) < 4.78 is 0. The minimum absolute atomic E-state index is 0.0743. The normalized spacial score (nSPS) is 18.4. The Kier molecular flexibility index (Phi) is 6.08. The molecule has 1 heterocycles. The average molecular weight is 271 g/mol. The third kappa shape index (κ3) is 5.06. The van der Waals surface area contributed by atoms with Crippen LogP contribution in [-0.4, -0.2) is 66.7 Å². The van der Waals surface area contributed by atoms with Gasteiger partial charge in [-0.1, -0.05) is 6.92 Å². The van der Waals surface area contributed by atoms with Crippen LogP contribution in [0.3, 0.4) is 0 Å². The maximum atomic E-state index is 11.9. The first kappa shape index (κ1) is 15.8. The Bertz CT molecular complexity index is 312. The summed E-state index contributed by atoms with van der Waals surface area (Å²) in [6, 6.07) is 0.478. The second kappa shape index (κ2) is 7.33. The van der Waals surface area contributed by atoms with Crippen molar-refractivity contribution in [1.29, 1.82) is 0 Å². The minimum Gasteiger partial charge on any atom is -0.481 e. The number of urea groups is 1. The van der Waals surface area contributed by atoms with Crippen LogP contribution in [0, 0.1) is 5.92 Å². The summed E-state index contributed by atoms with van der Waals surface area (Å²) in [4.78, 5) is 26.5. The molecule has 110 valence electrons. The molecule has 6 nitrogen and oxygen atoms in total. The molecule has 1 unspecified atom stereocenters. The van der Waals surface area contributed by atoms with Crippen LogP contribution in [0.2, 0.25) is 0 Å². The van der Waals surface area contributed by atoms with Gasteiger partial charge in [-0.15, -0.1) is 0 Å². The minimum atomic E-state index is -0.818. The molecule has 1 aliphatic rings. The number of carbonyl (C=O) groups excluding carboxylic acids is 1. The van der Waals surface area contributed by atoms with E-state index in [9.17, 15) is 9.59 Å². The van der Waals surface area contributed by atoms with Gasteiger partial charge in [0, 0.05) is 25.7 Å². The van der Waals surface area contributed by atoms with Crippen LogP contribution in [-0.2, 0) is 4.79 Å². The average Bonchev–Trinajstić information content (AvgIpc) is 2.38. The number of likely N-dealkylation sites (tertiary alicyclic amines) is 1. The van der Waals surface area contributed by atoms with Gasteiger partial charge in [-0.25, -0.2) is 4.79 Å². The molecule has 6 heteroatoms. The molecular formula is C13H25N3O3. The van der Waals surface area contributed by atoms with E-state index in [1.165, 1.54) is 0 Å². The molecule has 0 saturated carbocycles. The third-order valence-corrected chi connectivity index (χ3v) is 3.76. The number of piperidine rings is 1. The van der Waals surface area contributed by atoms with Crippen molar-refractivity contribution in [3.63, 3.8) is 0 Å². The predicted molar refractivity (Wildman–Crippen MR) is 73.1 cm³/mol. The molecule has 0 aromatic heterocycles. The number of aliphatic carboxylic acids is 1. The van der Waals surface area contributed by atoms with E-state index in [2.05, 4.69) is 24.3 Å². The number of hydrogen-bond donors (Lipinski definition) is 2. The highest BCUT2D eigenvalue weighted by atomic mass is 16.4. The fraction of sp³-hybridized carbons (Fsp3) is 0.846. The van der Waals surface area contributed by atoms with Crippen LogP contribution in [0.4, 0.5) is 4.79 Å². The first-order valence-electron chi connectivity index (χ1n) is 6.83. The van der Waals surface area contributed by atoms with E-state index in [1.54, 1.807) is 6.92 Å². The fourth-order valence-corrected chi connectivity index (χ4v) is 2.22. The van der Waals surface area contributed by atoms with Crippen molar-refractivity contribution in [3.05, 3.63) is 0 Å². The van der Waals surface area contributed by atoms with Crippen LogP contribution < -0.4 is 5.32 Å². The monoisotopic (exact) mass is 271 g/mol. The molecule has 2 amide bonds. The number of carboxylic acids is 1. The molecule has 0 aliphatic carbocycles. The number of amides is 2. The number of carbonyl (C=O) groups is 2. The Morgan fingerprint density at radius 3 is 2.42 bits per heavy atom. The van der Waals surface area contributed by atoms with Crippen molar-refractivity contribution in [1.82, 2.24) is 15.1 Å². The zero-order valence-electron chi connectivity index (χ0n) is 12.1. The van der Waals surface area contributed by atoms with E-state index in [1.807, 2.05) is 4.90 Å². The molecule has 2 N–H and O–H groups in total. The van der Waals surface area contributed by atoms with E-state index in [0.29, 0.717) is 19.0 Å².